The summed E-state index contributed by atoms with van der Waals surface area (Å²) in [6, 6.07) is 5.96. The molecule has 0 spiro atoms. The quantitative estimate of drug-likeness (QED) is 0.625. The molecule has 7 heteroatoms. The smallest absolute Gasteiger partial charge is 0.359 e. The first-order valence-electron chi connectivity index (χ1n) is 8.74. The van der Waals surface area contributed by atoms with E-state index in [4.69, 9.17) is 14.2 Å². The zero-order valence-electron chi connectivity index (χ0n) is 15.4. The van der Waals surface area contributed by atoms with E-state index in [0.717, 1.165) is 40.9 Å². The number of carbonyl (C=O) groups excluding carboxylic acids is 1. The molecule has 27 heavy (non-hydrogen) atoms. The van der Waals surface area contributed by atoms with Crippen LogP contribution in [0.25, 0.3) is 16.9 Å². The number of aromatic nitrogens is 2. The SMILES string of the molecule is CCOC(=O)c1nn(-c2ccsc2)c2c1CCc1cc(OC)c(OC)cc1-2. The van der Waals surface area contributed by atoms with Gasteiger partial charge < -0.3 is 14.2 Å². The first-order chi connectivity index (χ1) is 13.2. The maximum absolute atomic E-state index is 12.5. The Balaban J connectivity index is 1.97. The van der Waals surface area contributed by atoms with Gasteiger partial charge in [-0.25, -0.2) is 9.48 Å². The van der Waals surface area contributed by atoms with Gasteiger partial charge in [0, 0.05) is 16.5 Å². The Labute approximate surface area is 161 Å². The van der Waals surface area contributed by atoms with Crippen molar-refractivity contribution in [2.24, 2.45) is 0 Å². The third kappa shape index (κ3) is 2.88. The van der Waals surface area contributed by atoms with Crippen LogP contribution in [0.4, 0.5) is 0 Å². The topological polar surface area (TPSA) is 62.6 Å². The number of thiophene rings is 1. The minimum Gasteiger partial charge on any atom is -0.493 e. The van der Waals surface area contributed by atoms with Crippen LogP contribution in [0.2, 0.25) is 0 Å². The molecule has 2 aromatic heterocycles. The molecular weight excluding hydrogens is 364 g/mol. The lowest BCUT2D eigenvalue weighted by Gasteiger charge is -2.21. The predicted octanol–water partition coefficient (Wildman–Crippen LogP) is 3.89. The van der Waals surface area contributed by atoms with Gasteiger partial charge in [0.2, 0.25) is 0 Å². The van der Waals surface area contributed by atoms with E-state index in [0.29, 0.717) is 23.8 Å². The number of esters is 1. The molecule has 0 saturated carbocycles. The van der Waals surface area contributed by atoms with Crippen LogP contribution in [0.3, 0.4) is 0 Å². The van der Waals surface area contributed by atoms with Crippen LogP contribution in [0.1, 0.15) is 28.5 Å². The zero-order valence-corrected chi connectivity index (χ0v) is 16.3. The maximum atomic E-state index is 12.5. The third-order valence-corrected chi connectivity index (χ3v) is 5.38. The lowest BCUT2D eigenvalue weighted by molar-refractivity contribution is 0.0517. The van der Waals surface area contributed by atoms with Gasteiger partial charge in [0.05, 0.1) is 32.2 Å². The van der Waals surface area contributed by atoms with Crippen LogP contribution >= 0.6 is 11.3 Å². The third-order valence-electron chi connectivity index (χ3n) is 4.71. The number of aryl methyl sites for hydroxylation is 1. The number of nitrogens with zero attached hydrogens (tertiary/aromatic N) is 2. The highest BCUT2D eigenvalue weighted by Crippen LogP contribution is 2.42. The molecule has 0 unspecified atom stereocenters. The van der Waals surface area contributed by atoms with Gasteiger partial charge in [-0.3, -0.25) is 0 Å². The zero-order chi connectivity index (χ0) is 19.0. The first-order valence-corrected chi connectivity index (χ1v) is 9.69. The molecule has 4 rings (SSSR count). The van der Waals surface area contributed by atoms with Crippen LogP contribution < -0.4 is 9.47 Å². The molecule has 6 nitrogen and oxygen atoms in total. The number of benzene rings is 1. The van der Waals surface area contributed by atoms with Crippen molar-refractivity contribution in [3.8, 4) is 28.4 Å². The minimum absolute atomic E-state index is 0.320. The number of fused-ring (bicyclic) bond motifs is 3. The van der Waals surface area contributed by atoms with E-state index >= 15 is 0 Å². The Morgan fingerprint density at radius 2 is 2.00 bits per heavy atom. The maximum Gasteiger partial charge on any atom is 0.359 e. The Kier molecular flexibility index (Phi) is 4.61. The molecule has 2 heterocycles. The van der Waals surface area contributed by atoms with E-state index < -0.39 is 0 Å². The van der Waals surface area contributed by atoms with Gasteiger partial charge in [0.15, 0.2) is 17.2 Å². The molecule has 0 aliphatic heterocycles. The number of carbonyl (C=O) groups is 1. The molecule has 3 aromatic rings. The molecule has 1 aromatic carbocycles. The van der Waals surface area contributed by atoms with Gasteiger partial charge >= 0.3 is 5.97 Å². The summed E-state index contributed by atoms with van der Waals surface area (Å²) in [6.45, 7) is 2.12. The fraction of sp³-hybridized carbons (Fsp3) is 0.300. The van der Waals surface area contributed by atoms with Gasteiger partial charge in [-0.05, 0) is 48.9 Å². The van der Waals surface area contributed by atoms with E-state index in [1.807, 2.05) is 33.6 Å². The summed E-state index contributed by atoms with van der Waals surface area (Å²) >= 11 is 1.59. The molecular formula is C20H20N2O4S. The molecule has 0 saturated heterocycles. The predicted molar refractivity (Wildman–Crippen MR) is 103 cm³/mol. The van der Waals surface area contributed by atoms with Gasteiger partial charge in [0.25, 0.3) is 0 Å². The van der Waals surface area contributed by atoms with Crippen LogP contribution in [0.15, 0.2) is 29.0 Å². The number of hydrogen-bond donors (Lipinski definition) is 0. The van der Waals surface area contributed by atoms with E-state index in [1.54, 1.807) is 32.5 Å². The fourth-order valence-corrected chi connectivity index (χ4v) is 4.11. The highest BCUT2D eigenvalue weighted by Gasteiger charge is 2.30. The van der Waals surface area contributed by atoms with Crippen LogP contribution in [-0.4, -0.2) is 36.6 Å². The summed E-state index contributed by atoms with van der Waals surface area (Å²) in [5.74, 6) is 0.971. The van der Waals surface area contributed by atoms with Crippen molar-refractivity contribution in [2.45, 2.75) is 19.8 Å². The molecule has 0 bridgehead atoms. The van der Waals surface area contributed by atoms with Gasteiger partial charge in [-0.2, -0.15) is 16.4 Å². The average molecular weight is 384 g/mol. The molecule has 1 aliphatic rings. The second-order valence-corrected chi connectivity index (χ2v) is 6.93. The second-order valence-electron chi connectivity index (χ2n) is 6.15. The van der Waals surface area contributed by atoms with Crippen molar-refractivity contribution < 1.29 is 19.0 Å². The standard InChI is InChI=1S/C20H20N2O4S/c1-4-26-20(23)18-14-6-5-12-9-16(24-2)17(25-3)10-15(12)19(14)22(21-18)13-7-8-27-11-13/h7-11H,4-6H2,1-3H3. The van der Waals surface area contributed by atoms with Crippen LogP contribution in [0.5, 0.6) is 11.5 Å². The number of hydrogen-bond acceptors (Lipinski definition) is 6. The highest BCUT2D eigenvalue weighted by atomic mass is 32.1. The lowest BCUT2D eigenvalue weighted by Crippen LogP contribution is -2.11. The van der Waals surface area contributed by atoms with Crippen LogP contribution in [0, 0.1) is 0 Å². The van der Waals surface area contributed by atoms with Gasteiger partial charge in [-0.1, -0.05) is 0 Å². The van der Waals surface area contributed by atoms with Crippen molar-refractivity contribution in [1.29, 1.82) is 0 Å². The molecule has 0 atom stereocenters. The summed E-state index contributed by atoms with van der Waals surface area (Å²) in [7, 11) is 3.25. The molecule has 0 amide bonds. The largest absolute Gasteiger partial charge is 0.493 e. The van der Waals surface area contributed by atoms with Crippen molar-refractivity contribution in [3.05, 3.63) is 45.8 Å². The van der Waals surface area contributed by atoms with Crippen molar-refractivity contribution in [3.63, 3.8) is 0 Å². The number of rotatable bonds is 5. The van der Waals surface area contributed by atoms with Crippen molar-refractivity contribution in [1.82, 2.24) is 9.78 Å². The number of ether oxygens (including phenoxy) is 3. The Hall–Kier alpha value is -2.80. The fourth-order valence-electron chi connectivity index (χ4n) is 3.50. The van der Waals surface area contributed by atoms with E-state index in [1.165, 1.54) is 0 Å². The Bertz CT molecular complexity index is 992. The molecule has 1 aliphatic carbocycles. The summed E-state index contributed by atoms with van der Waals surface area (Å²) in [6.07, 6.45) is 1.51. The van der Waals surface area contributed by atoms with E-state index in [-0.39, 0.29) is 5.97 Å². The first kappa shape index (κ1) is 17.6. The monoisotopic (exact) mass is 384 g/mol. The summed E-state index contributed by atoms with van der Waals surface area (Å²) < 4.78 is 18.0. The van der Waals surface area contributed by atoms with Crippen LogP contribution in [-0.2, 0) is 17.6 Å². The summed E-state index contributed by atoms with van der Waals surface area (Å²) in [5.41, 5.74) is 5.29. The summed E-state index contributed by atoms with van der Waals surface area (Å²) in [5, 5.41) is 8.63. The molecule has 0 N–H and O–H groups in total. The number of methoxy groups -OCH3 is 2. The molecule has 0 radical (unpaired) electrons. The second kappa shape index (κ2) is 7.08. The average Bonchev–Trinajstić information content (AvgIpc) is 3.34. The molecule has 140 valence electrons. The van der Waals surface area contributed by atoms with Crippen molar-refractivity contribution >= 4 is 17.3 Å². The summed E-state index contributed by atoms with van der Waals surface area (Å²) in [4.78, 5) is 12.5. The lowest BCUT2D eigenvalue weighted by atomic mass is 9.88. The minimum atomic E-state index is -0.383. The normalized spacial score (nSPS) is 12.3. The highest BCUT2D eigenvalue weighted by molar-refractivity contribution is 7.08. The van der Waals surface area contributed by atoms with Gasteiger partial charge in [-0.15, -0.1) is 0 Å². The van der Waals surface area contributed by atoms with Gasteiger partial charge in [0.1, 0.15) is 0 Å². The Morgan fingerprint density at radius 1 is 1.22 bits per heavy atom. The van der Waals surface area contributed by atoms with E-state index in [9.17, 15) is 4.79 Å². The van der Waals surface area contributed by atoms with E-state index in [2.05, 4.69) is 5.10 Å². The Morgan fingerprint density at radius 3 is 2.67 bits per heavy atom. The van der Waals surface area contributed by atoms with Crippen molar-refractivity contribution in [2.75, 3.05) is 20.8 Å². The molecule has 0 fully saturated rings.